The molecule has 228 valence electrons. The molecule has 0 unspecified atom stereocenters. The highest BCUT2D eigenvalue weighted by Gasteiger charge is 2.59. The Kier molecular flexibility index (Phi) is 7.70. The van der Waals surface area contributed by atoms with Gasteiger partial charge in [0.25, 0.3) is 0 Å². The molecule has 1 aromatic heterocycles. The van der Waals surface area contributed by atoms with Crippen LogP contribution < -0.4 is 5.32 Å². The number of rotatable bonds is 8. The number of aliphatic carboxylic acids is 1. The topological polar surface area (TPSA) is 123 Å². The Morgan fingerprint density at radius 3 is 2.71 bits per heavy atom. The second-order valence-electron chi connectivity index (χ2n) is 14.6. The first-order chi connectivity index (χ1) is 20.0. The predicted octanol–water partition coefficient (Wildman–Crippen LogP) is 6.34. The molecule has 3 saturated carbocycles. The van der Waals surface area contributed by atoms with Gasteiger partial charge in [-0.15, -0.1) is 0 Å². The first-order valence-electron chi connectivity index (χ1n) is 16.2. The van der Waals surface area contributed by atoms with Crippen LogP contribution in [0.15, 0.2) is 36.0 Å². The maximum Gasteiger partial charge on any atom is 0.326 e. The van der Waals surface area contributed by atoms with E-state index in [1.807, 2.05) is 0 Å². The lowest BCUT2D eigenvalue weighted by atomic mass is 9.47. The zero-order valence-corrected chi connectivity index (χ0v) is 25.4. The summed E-state index contributed by atoms with van der Waals surface area (Å²) in [6.45, 7) is 7.30. The van der Waals surface area contributed by atoms with Gasteiger partial charge in [0.2, 0.25) is 5.91 Å². The number of hydrogen-bond donors (Lipinski definition) is 5. The number of allylic oxidation sites excluding steroid dienone is 1. The van der Waals surface area contributed by atoms with Gasteiger partial charge >= 0.3 is 5.97 Å². The number of H-pyrrole nitrogens is 1. The third-order valence-corrected chi connectivity index (χ3v) is 12.5. The molecule has 1 aromatic carbocycles. The number of aromatic amines is 1. The minimum absolute atomic E-state index is 0.123. The van der Waals surface area contributed by atoms with Crippen LogP contribution >= 0.6 is 0 Å². The number of carbonyl (C=O) groups is 2. The molecule has 5 N–H and O–H groups in total. The van der Waals surface area contributed by atoms with Crippen molar-refractivity contribution in [2.45, 2.75) is 104 Å². The summed E-state index contributed by atoms with van der Waals surface area (Å²) in [7, 11) is 0. The average molecular weight is 577 g/mol. The molecule has 0 bridgehead atoms. The number of hydrogen-bond acceptors (Lipinski definition) is 4. The number of aromatic hydroxyl groups is 1. The van der Waals surface area contributed by atoms with Crippen LogP contribution in [0.4, 0.5) is 0 Å². The number of carboxylic acid groups (broad SMARTS) is 1. The van der Waals surface area contributed by atoms with E-state index in [1.54, 1.807) is 24.4 Å². The van der Waals surface area contributed by atoms with Crippen molar-refractivity contribution in [2.24, 2.45) is 40.4 Å². The van der Waals surface area contributed by atoms with Crippen molar-refractivity contribution in [1.82, 2.24) is 10.3 Å². The van der Waals surface area contributed by atoms with Gasteiger partial charge in [0.05, 0.1) is 6.10 Å². The van der Waals surface area contributed by atoms with Gasteiger partial charge in [-0.25, -0.2) is 4.79 Å². The quantitative estimate of drug-likeness (QED) is 0.235. The van der Waals surface area contributed by atoms with Crippen LogP contribution in [0, 0.1) is 40.4 Å². The third-order valence-electron chi connectivity index (χ3n) is 12.5. The van der Waals surface area contributed by atoms with Gasteiger partial charge in [0.15, 0.2) is 0 Å². The van der Waals surface area contributed by atoms with Gasteiger partial charge in [-0.3, -0.25) is 4.79 Å². The molecule has 9 atom stereocenters. The number of carboxylic acids is 1. The smallest absolute Gasteiger partial charge is 0.326 e. The molecule has 0 aliphatic heterocycles. The highest BCUT2D eigenvalue weighted by Crippen LogP contribution is 2.67. The standard InChI is InChI=1S/C35H48N2O5/c1-20(4-11-32(40)37-31(33(41)42)16-21-19-36-30-10-6-23(38)18-26(21)30)27-8-9-28-25-7-5-22-17-24(39)12-14-34(22,2)29(25)13-15-35(27,28)3/h5-6,10,18-20,24-25,27-29,31,36,38-39H,4,7-9,11-17H2,1-3H3,(H,37,40)(H,41,42)/t20-,24+,25+,27-,28+,29+,31+,34+,35-/m1/s1. The molecule has 4 aliphatic carbocycles. The minimum atomic E-state index is -1.06. The van der Waals surface area contributed by atoms with E-state index in [9.17, 15) is 24.9 Å². The lowest BCUT2D eigenvalue weighted by molar-refractivity contribution is -0.141. The number of aliphatic hydroxyl groups is 1. The summed E-state index contributed by atoms with van der Waals surface area (Å²) in [4.78, 5) is 28.2. The highest BCUT2D eigenvalue weighted by atomic mass is 16.4. The monoisotopic (exact) mass is 576 g/mol. The Morgan fingerprint density at radius 2 is 1.93 bits per heavy atom. The number of nitrogens with one attached hydrogen (secondary N) is 2. The minimum Gasteiger partial charge on any atom is -0.508 e. The molecule has 0 saturated heterocycles. The first-order valence-corrected chi connectivity index (χ1v) is 16.2. The Labute approximate surface area is 249 Å². The average Bonchev–Trinajstić information content (AvgIpc) is 3.51. The Bertz CT molecular complexity index is 1380. The molecule has 7 nitrogen and oxygen atoms in total. The number of aliphatic hydroxyl groups excluding tert-OH is 1. The third kappa shape index (κ3) is 5.06. The number of phenolic OH excluding ortho intramolecular Hbond substituents is 1. The van der Waals surface area contributed by atoms with E-state index in [2.05, 4.69) is 37.1 Å². The number of phenols is 1. The van der Waals surface area contributed by atoms with E-state index in [4.69, 9.17) is 0 Å². The Hall–Kier alpha value is -2.80. The number of amides is 1. The molecule has 0 spiro atoms. The maximum absolute atomic E-state index is 13.0. The molecule has 4 aliphatic rings. The number of fused-ring (bicyclic) bond motifs is 6. The summed E-state index contributed by atoms with van der Waals surface area (Å²) >= 11 is 0. The Balaban J connectivity index is 1.07. The zero-order chi connectivity index (χ0) is 29.8. The van der Waals surface area contributed by atoms with Crippen LogP contribution in [0.5, 0.6) is 5.75 Å². The van der Waals surface area contributed by atoms with E-state index in [0.717, 1.165) is 60.4 Å². The van der Waals surface area contributed by atoms with Gasteiger partial charge < -0.3 is 25.6 Å². The van der Waals surface area contributed by atoms with Crippen molar-refractivity contribution >= 4 is 22.8 Å². The fourth-order valence-corrected chi connectivity index (χ4v) is 10.2. The van der Waals surface area contributed by atoms with Crippen LogP contribution in [0.2, 0.25) is 0 Å². The second-order valence-corrected chi connectivity index (χ2v) is 14.6. The van der Waals surface area contributed by atoms with Gasteiger partial charge in [0.1, 0.15) is 11.8 Å². The van der Waals surface area contributed by atoms with Crippen molar-refractivity contribution in [3.8, 4) is 5.75 Å². The zero-order valence-electron chi connectivity index (χ0n) is 25.4. The Morgan fingerprint density at radius 1 is 1.12 bits per heavy atom. The van der Waals surface area contributed by atoms with Crippen LogP contribution in [-0.4, -0.2) is 44.3 Å². The van der Waals surface area contributed by atoms with Crippen LogP contribution in [0.25, 0.3) is 10.9 Å². The largest absolute Gasteiger partial charge is 0.508 e. The molecule has 6 rings (SSSR count). The van der Waals surface area contributed by atoms with Crippen LogP contribution in [0.1, 0.15) is 90.5 Å². The van der Waals surface area contributed by atoms with E-state index < -0.39 is 12.0 Å². The molecule has 3 fully saturated rings. The molecule has 42 heavy (non-hydrogen) atoms. The molecular weight excluding hydrogens is 528 g/mol. The fraction of sp³-hybridized carbons (Fsp3) is 0.657. The first kappa shape index (κ1) is 29.3. The van der Waals surface area contributed by atoms with E-state index >= 15 is 0 Å². The lowest BCUT2D eigenvalue weighted by Gasteiger charge is -2.58. The van der Waals surface area contributed by atoms with E-state index in [0.29, 0.717) is 24.2 Å². The van der Waals surface area contributed by atoms with Crippen molar-refractivity contribution in [3.05, 3.63) is 41.6 Å². The lowest BCUT2D eigenvalue weighted by Crippen LogP contribution is -2.50. The summed E-state index contributed by atoms with van der Waals surface area (Å²) in [5.41, 5.74) is 3.63. The van der Waals surface area contributed by atoms with E-state index in [-0.39, 0.29) is 35.0 Å². The van der Waals surface area contributed by atoms with Crippen molar-refractivity contribution < 1.29 is 24.9 Å². The normalized spacial score (nSPS) is 35.4. The number of carbonyl (C=O) groups excluding carboxylic acids is 1. The highest BCUT2D eigenvalue weighted by molar-refractivity contribution is 5.87. The summed E-state index contributed by atoms with van der Waals surface area (Å²) < 4.78 is 0. The SMILES string of the molecule is C[C@H](CCC(=O)N[C@@H](Cc1c[nH]c2ccc(O)cc12)C(=O)O)[C@H]1CC[C@H]2[C@@H]3CC=C4C[C@@H](O)CC[C@]4(C)[C@H]3CC[C@]12C. The maximum atomic E-state index is 13.0. The summed E-state index contributed by atoms with van der Waals surface area (Å²) in [5, 5.41) is 33.6. The van der Waals surface area contributed by atoms with Gasteiger partial charge in [0, 0.05) is 29.9 Å². The van der Waals surface area contributed by atoms with Crippen molar-refractivity contribution in [3.63, 3.8) is 0 Å². The van der Waals surface area contributed by atoms with Gasteiger partial charge in [-0.1, -0.05) is 32.4 Å². The molecule has 1 heterocycles. The number of aromatic nitrogens is 1. The van der Waals surface area contributed by atoms with Crippen LogP contribution in [-0.2, 0) is 16.0 Å². The summed E-state index contributed by atoms with van der Waals surface area (Å²) in [5.74, 6) is 1.99. The molecule has 0 radical (unpaired) electrons. The second kappa shape index (κ2) is 11.0. The number of benzene rings is 1. The fourth-order valence-electron chi connectivity index (χ4n) is 10.2. The molecule has 2 aromatic rings. The molecular formula is C35H48N2O5. The van der Waals surface area contributed by atoms with E-state index in [1.165, 1.54) is 31.3 Å². The van der Waals surface area contributed by atoms with Gasteiger partial charge in [-0.05, 0) is 122 Å². The summed E-state index contributed by atoms with van der Waals surface area (Å²) in [6.07, 6.45) is 14.3. The van der Waals surface area contributed by atoms with Gasteiger partial charge in [-0.2, -0.15) is 0 Å². The van der Waals surface area contributed by atoms with Crippen LogP contribution in [0.3, 0.4) is 0 Å². The van der Waals surface area contributed by atoms with Crippen molar-refractivity contribution in [1.29, 1.82) is 0 Å². The molecule has 7 heteroatoms. The molecule has 1 amide bonds. The summed E-state index contributed by atoms with van der Waals surface area (Å²) in [6, 6.07) is 3.94. The van der Waals surface area contributed by atoms with Crippen molar-refractivity contribution in [2.75, 3.05) is 0 Å². The predicted molar refractivity (Wildman–Crippen MR) is 163 cm³/mol.